The zero-order valence-corrected chi connectivity index (χ0v) is 11.4. The summed E-state index contributed by atoms with van der Waals surface area (Å²) < 4.78 is 9.78. The highest BCUT2D eigenvalue weighted by atomic mass is 32.1. The zero-order valence-electron chi connectivity index (χ0n) is 10.6. The number of hydrogen-bond donors (Lipinski definition) is 1. The fourth-order valence-corrected chi connectivity index (χ4v) is 2.48. The number of aryl methyl sites for hydroxylation is 1. The molecule has 2 aromatic rings. The van der Waals surface area contributed by atoms with Gasteiger partial charge in [0, 0.05) is 0 Å². The predicted molar refractivity (Wildman–Crippen MR) is 71.7 cm³/mol. The van der Waals surface area contributed by atoms with Crippen LogP contribution in [0.1, 0.15) is 32.5 Å². The summed E-state index contributed by atoms with van der Waals surface area (Å²) in [5, 5.41) is 3.32. The van der Waals surface area contributed by atoms with E-state index in [4.69, 9.17) is 9.15 Å². The highest BCUT2D eigenvalue weighted by Crippen LogP contribution is 2.27. The third-order valence-electron chi connectivity index (χ3n) is 2.40. The molecule has 100 valence electrons. The van der Waals surface area contributed by atoms with E-state index in [2.05, 4.69) is 5.32 Å². The number of rotatable bonds is 4. The second-order valence-electron chi connectivity index (χ2n) is 3.81. The zero-order chi connectivity index (χ0) is 13.8. The van der Waals surface area contributed by atoms with Gasteiger partial charge in [0.1, 0.15) is 11.1 Å². The van der Waals surface area contributed by atoms with Gasteiger partial charge in [-0.15, -0.1) is 11.3 Å². The summed E-state index contributed by atoms with van der Waals surface area (Å²) in [5.74, 6) is -0.640. The maximum absolute atomic E-state index is 11.8. The highest BCUT2D eigenvalue weighted by molar-refractivity contribution is 7.18. The predicted octanol–water partition coefficient (Wildman–Crippen LogP) is 3.08. The molecular weight excluding hydrogens is 266 g/mol. The summed E-state index contributed by atoms with van der Waals surface area (Å²) in [6.45, 7) is 3.88. The molecule has 0 unspecified atom stereocenters. The number of anilines is 1. The molecule has 6 heteroatoms. The molecule has 0 atom stereocenters. The molecule has 19 heavy (non-hydrogen) atoms. The van der Waals surface area contributed by atoms with E-state index in [0.29, 0.717) is 22.0 Å². The van der Waals surface area contributed by atoms with Crippen LogP contribution < -0.4 is 5.32 Å². The molecule has 1 amide bonds. The van der Waals surface area contributed by atoms with Crippen LogP contribution in [0.2, 0.25) is 0 Å². The van der Waals surface area contributed by atoms with Crippen LogP contribution in [-0.2, 0) is 4.74 Å². The number of thiophene rings is 1. The minimum Gasteiger partial charge on any atom is -0.472 e. The Kier molecular flexibility index (Phi) is 4.01. The van der Waals surface area contributed by atoms with Crippen LogP contribution in [0.3, 0.4) is 0 Å². The molecule has 0 saturated heterocycles. The first-order valence-corrected chi connectivity index (χ1v) is 6.54. The van der Waals surface area contributed by atoms with E-state index < -0.39 is 0 Å². The van der Waals surface area contributed by atoms with Gasteiger partial charge >= 0.3 is 5.97 Å². The molecule has 0 saturated carbocycles. The van der Waals surface area contributed by atoms with Gasteiger partial charge in [-0.3, -0.25) is 4.79 Å². The lowest BCUT2D eigenvalue weighted by Crippen LogP contribution is -2.09. The molecule has 0 aromatic carbocycles. The van der Waals surface area contributed by atoms with Gasteiger partial charge in [-0.2, -0.15) is 0 Å². The smallest absolute Gasteiger partial charge is 0.348 e. The van der Waals surface area contributed by atoms with Crippen molar-refractivity contribution in [1.82, 2.24) is 0 Å². The molecule has 0 spiro atoms. The van der Waals surface area contributed by atoms with Gasteiger partial charge in [-0.25, -0.2) is 4.79 Å². The van der Waals surface area contributed by atoms with Crippen molar-refractivity contribution < 1.29 is 18.7 Å². The summed E-state index contributed by atoms with van der Waals surface area (Å²) >= 11 is 1.20. The van der Waals surface area contributed by atoms with Crippen LogP contribution >= 0.6 is 11.3 Å². The molecular formula is C13H13NO4S. The SMILES string of the molecule is CCOC(=O)c1sc(NC(=O)c2ccoc2)cc1C. The van der Waals surface area contributed by atoms with Gasteiger partial charge < -0.3 is 14.5 Å². The van der Waals surface area contributed by atoms with E-state index in [1.54, 1.807) is 26.0 Å². The van der Waals surface area contributed by atoms with Crippen LogP contribution in [0.4, 0.5) is 5.00 Å². The van der Waals surface area contributed by atoms with Crippen LogP contribution in [0, 0.1) is 6.92 Å². The van der Waals surface area contributed by atoms with Crippen molar-refractivity contribution >= 4 is 28.2 Å². The van der Waals surface area contributed by atoms with E-state index >= 15 is 0 Å². The molecule has 0 fully saturated rings. The second-order valence-corrected chi connectivity index (χ2v) is 4.86. The fraction of sp³-hybridized carbons (Fsp3) is 0.231. The minimum absolute atomic E-state index is 0.273. The van der Waals surface area contributed by atoms with Crippen molar-refractivity contribution in [3.8, 4) is 0 Å². The number of esters is 1. The van der Waals surface area contributed by atoms with E-state index in [1.807, 2.05) is 0 Å². The molecule has 0 aliphatic carbocycles. The summed E-state index contributed by atoms with van der Waals surface area (Å²) in [7, 11) is 0. The number of carbonyl (C=O) groups is 2. The van der Waals surface area contributed by atoms with Crippen molar-refractivity contribution in [3.63, 3.8) is 0 Å². The number of hydrogen-bond acceptors (Lipinski definition) is 5. The van der Waals surface area contributed by atoms with Gasteiger partial charge in [-0.1, -0.05) is 0 Å². The van der Waals surface area contributed by atoms with E-state index in [-0.39, 0.29) is 11.9 Å². The molecule has 2 rings (SSSR count). The fourth-order valence-electron chi connectivity index (χ4n) is 1.52. The Labute approximate surface area is 114 Å². The Hall–Kier alpha value is -2.08. The quantitative estimate of drug-likeness (QED) is 0.873. The monoisotopic (exact) mass is 279 g/mol. The van der Waals surface area contributed by atoms with Crippen LogP contribution in [0.15, 0.2) is 29.1 Å². The second kappa shape index (κ2) is 5.71. The third kappa shape index (κ3) is 3.03. The van der Waals surface area contributed by atoms with Crippen molar-refractivity contribution in [1.29, 1.82) is 0 Å². The summed E-state index contributed by atoms with van der Waals surface area (Å²) in [5.41, 5.74) is 1.22. The first-order valence-electron chi connectivity index (χ1n) is 5.73. The third-order valence-corrected chi connectivity index (χ3v) is 3.53. The number of amides is 1. The summed E-state index contributed by atoms with van der Waals surface area (Å²) in [6.07, 6.45) is 2.79. The van der Waals surface area contributed by atoms with Crippen molar-refractivity contribution in [3.05, 3.63) is 40.7 Å². The highest BCUT2D eigenvalue weighted by Gasteiger charge is 2.16. The van der Waals surface area contributed by atoms with Crippen molar-refractivity contribution in [2.24, 2.45) is 0 Å². The lowest BCUT2D eigenvalue weighted by atomic mass is 10.3. The Bertz CT molecular complexity index is 586. The summed E-state index contributed by atoms with van der Waals surface area (Å²) in [4.78, 5) is 24.0. The molecule has 0 bridgehead atoms. The van der Waals surface area contributed by atoms with E-state index in [1.165, 1.54) is 23.9 Å². The molecule has 0 aliphatic rings. The van der Waals surface area contributed by atoms with Gasteiger partial charge in [0.2, 0.25) is 0 Å². The maximum atomic E-state index is 11.8. The van der Waals surface area contributed by atoms with Crippen LogP contribution in [0.25, 0.3) is 0 Å². The van der Waals surface area contributed by atoms with E-state index in [0.717, 1.165) is 5.56 Å². The van der Waals surface area contributed by atoms with Crippen LogP contribution in [-0.4, -0.2) is 18.5 Å². The summed E-state index contributed by atoms with van der Waals surface area (Å²) in [6, 6.07) is 3.32. The maximum Gasteiger partial charge on any atom is 0.348 e. The number of nitrogens with one attached hydrogen (secondary N) is 1. The number of furan rings is 1. The van der Waals surface area contributed by atoms with Gasteiger partial charge in [0.05, 0.1) is 23.4 Å². The molecule has 5 nitrogen and oxygen atoms in total. The Balaban J connectivity index is 2.12. The van der Waals surface area contributed by atoms with Gasteiger partial charge in [-0.05, 0) is 31.5 Å². The molecule has 1 N–H and O–H groups in total. The first-order chi connectivity index (χ1) is 9.11. The number of carbonyl (C=O) groups excluding carboxylic acids is 2. The minimum atomic E-state index is -0.367. The Morgan fingerprint density at radius 3 is 2.89 bits per heavy atom. The number of ether oxygens (including phenoxy) is 1. The van der Waals surface area contributed by atoms with Crippen LogP contribution in [0.5, 0.6) is 0 Å². The largest absolute Gasteiger partial charge is 0.472 e. The van der Waals surface area contributed by atoms with Gasteiger partial charge in [0.15, 0.2) is 0 Å². The molecule has 0 radical (unpaired) electrons. The van der Waals surface area contributed by atoms with E-state index in [9.17, 15) is 9.59 Å². The Morgan fingerprint density at radius 2 is 2.26 bits per heavy atom. The van der Waals surface area contributed by atoms with Gasteiger partial charge in [0.25, 0.3) is 5.91 Å². The molecule has 0 aliphatic heterocycles. The van der Waals surface area contributed by atoms with Crippen molar-refractivity contribution in [2.45, 2.75) is 13.8 Å². The molecule has 2 aromatic heterocycles. The first kappa shape index (κ1) is 13.4. The Morgan fingerprint density at radius 1 is 1.47 bits per heavy atom. The average Bonchev–Trinajstić information content (AvgIpc) is 2.99. The van der Waals surface area contributed by atoms with Crippen molar-refractivity contribution in [2.75, 3.05) is 11.9 Å². The topological polar surface area (TPSA) is 68.5 Å². The average molecular weight is 279 g/mol. The lowest BCUT2D eigenvalue weighted by Gasteiger charge is -1.99. The lowest BCUT2D eigenvalue weighted by molar-refractivity contribution is 0.0531. The normalized spacial score (nSPS) is 10.2. The molecule has 2 heterocycles. The standard InChI is InChI=1S/C13H13NO4S/c1-3-18-13(16)11-8(2)6-10(19-11)14-12(15)9-4-5-17-7-9/h4-7H,3H2,1-2H3,(H,14,15).